The van der Waals surface area contributed by atoms with E-state index in [1.165, 1.54) is 18.2 Å². The molecule has 7 nitrogen and oxygen atoms in total. The van der Waals surface area contributed by atoms with E-state index in [1.807, 2.05) is 6.07 Å². The predicted molar refractivity (Wildman–Crippen MR) is 70.6 cm³/mol. The molecule has 1 aromatic carbocycles. The molecule has 7 heteroatoms. The first-order valence-corrected chi connectivity index (χ1v) is 6.32. The third-order valence-corrected chi connectivity index (χ3v) is 3.07. The van der Waals surface area contributed by atoms with Gasteiger partial charge in [-0.25, -0.2) is 0 Å². The lowest BCUT2D eigenvalue weighted by molar-refractivity contribution is -0.384. The quantitative estimate of drug-likeness (QED) is 0.593. The summed E-state index contributed by atoms with van der Waals surface area (Å²) in [5.41, 5.74) is 0.225. The Bertz CT molecular complexity index is 521. The van der Waals surface area contributed by atoms with Crippen molar-refractivity contribution in [3.8, 4) is 11.8 Å². The van der Waals surface area contributed by atoms with E-state index in [9.17, 15) is 10.1 Å². The highest BCUT2D eigenvalue weighted by molar-refractivity contribution is 5.49. The van der Waals surface area contributed by atoms with Gasteiger partial charge in [0.05, 0.1) is 29.8 Å². The molecule has 0 atom stereocenters. The van der Waals surface area contributed by atoms with Crippen molar-refractivity contribution in [2.24, 2.45) is 0 Å². The molecule has 1 saturated heterocycles. The summed E-state index contributed by atoms with van der Waals surface area (Å²) >= 11 is 0. The van der Waals surface area contributed by atoms with Crippen LogP contribution in [-0.4, -0.2) is 49.3 Å². The van der Waals surface area contributed by atoms with E-state index in [0.29, 0.717) is 31.9 Å². The van der Waals surface area contributed by atoms with Crippen molar-refractivity contribution in [1.82, 2.24) is 4.90 Å². The average Bonchev–Trinajstić information content (AvgIpc) is 2.48. The Labute approximate surface area is 116 Å². The number of nitrogens with zero attached hydrogens (tertiary/aromatic N) is 3. The van der Waals surface area contributed by atoms with Crippen LogP contribution in [0.3, 0.4) is 0 Å². The lowest BCUT2D eigenvalue weighted by Crippen LogP contribution is -2.38. The molecule has 1 aliphatic heterocycles. The van der Waals surface area contributed by atoms with Crippen LogP contribution in [0.2, 0.25) is 0 Å². The Balaban J connectivity index is 1.95. The molecule has 0 radical (unpaired) electrons. The first-order valence-electron chi connectivity index (χ1n) is 6.32. The molecule has 0 amide bonds. The third-order valence-electron chi connectivity index (χ3n) is 3.07. The van der Waals surface area contributed by atoms with Gasteiger partial charge < -0.3 is 9.47 Å². The summed E-state index contributed by atoms with van der Waals surface area (Å²) in [6, 6.07) is 5.96. The van der Waals surface area contributed by atoms with Gasteiger partial charge in [0.2, 0.25) is 0 Å². The molecule has 2 rings (SSSR count). The molecule has 0 N–H and O–H groups in total. The fourth-order valence-corrected chi connectivity index (χ4v) is 1.95. The summed E-state index contributed by atoms with van der Waals surface area (Å²) in [6.45, 7) is 4.21. The molecule has 0 aromatic heterocycles. The number of hydrogen-bond donors (Lipinski definition) is 0. The summed E-state index contributed by atoms with van der Waals surface area (Å²) in [6.07, 6.45) is 0. The van der Waals surface area contributed by atoms with Gasteiger partial charge in [0.15, 0.2) is 0 Å². The highest BCUT2D eigenvalue weighted by Crippen LogP contribution is 2.24. The molecule has 0 aliphatic carbocycles. The highest BCUT2D eigenvalue weighted by Gasteiger charge is 2.13. The van der Waals surface area contributed by atoms with Crippen molar-refractivity contribution in [2.75, 3.05) is 39.5 Å². The number of rotatable bonds is 5. The number of morpholine rings is 1. The molecule has 0 saturated carbocycles. The Morgan fingerprint density at radius 1 is 1.45 bits per heavy atom. The zero-order valence-electron chi connectivity index (χ0n) is 10.9. The van der Waals surface area contributed by atoms with Crippen LogP contribution in [0.1, 0.15) is 5.56 Å². The van der Waals surface area contributed by atoms with Gasteiger partial charge in [-0.1, -0.05) is 0 Å². The van der Waals surface area contributed by atoms with Crippen LogP contribution >= 0.6 is 0 Å². The van der Waals surface area contributed by atoms with Crippen molar-refractivity contribution in [3.63, 3.8) is 0 Å². The maximum Gasteiger partial charge on any atom is 0.273 e. The largest absolute Gasteiger partial charge is 0.491 e. The molecule has 0 bridgehead atoms. The van der Waals surface area contributed by atoms with Crippen molar-refractivity contribution in [1.29, 1.82) is 5.26 Å². The molecule has 1 fully saturated rings. The number of nitriles is 1. The van der Waals surface area contributed by atoms with Crippen LogP contribution in [0.25, 0.3) is 0 Å². The van der Waals surface area contributed by atoms with E-state index in [0.717, 1.165) is 13.1 Å². The maximum atomic E-state index is 10.7. The minimum absolute atomic E-state index is 0.0784. The zero-order chi connectivity index (χ0) is 14.4. The Hall–Kier alpha value is -2.17. The lowest BCUT2D eigenvalue weighted by atomic mass is 10.2. The van der Waals surface area contributed by atoms with Gasteiger partial charge in [-0.3, -0.25) is 15.0 Å². The van der Waals surface area contributed by atoms with Crippen LogP contribution < -0.4 is 4.74 Å². The first-order chi connectivity index (χ1) is 9.70. The fraction of sp³-hybridized carbons (Fsp3) is 0.462. The summed E-state index contributed by atoms with van der Waals surface area (Å²) in [4.78, 5) is 12.4. The van der Waals surface area contributed by atoms with E-state index in [1.54, 1.807) is 0 Å². The molecule has 1 aromatic rings. The summed E-state index contributed by atoms with van der Waals surface area (Å²) in [5.74, 6) is 0.259. The van der Waals surface area contributed by atoms with Gasteiger partial charge in [0.25, 0.3) is 5.69 Å². The molecule has 1 heterocycles. The van der Waals surface area contributed by atoms with E-state index < -0.39 is 4.92 Å². The van der Waals surface area contributed by atoms with E-state index in [2.05, 4.69) is 4.90 Å². The van der Waals surface area contributed by atoms with Gasteiger partial charge in [0.1, 0.15) is 18.4 Å². The van der Waals surface area contributed by atoms with Crippen LogP contribution in [0.5, 0.6) is 5.75 Å². The van der Waals surface area contributed by atoms with Crippen LogP contribution in [0, 0.1) is 21.4 Å². The standard InChI is InChI=1S/C13H15N3O4/c14-10-11-1-2-12(16(17)18)9-13(11)20-8-5-15-3-6-19-7-4-15/h1-2,9H,3-8H2. The lowest BCUT2D eigenvalue weighted by Gasteiger charge is -2.26. The smallest absolute Gasteiger partial charge is 0.273 e. The van der Waals surface area contributed by atoms with Gasteiger partial charge >= 0.3 is 0 Å². The second kappa shape index (κ2) is 6.84. The Kier molecular flexibility index (Phi) is 4.87. The first kappa shape index (κ1) is 14.2. The van der Waals surface area contributed by atoms with Crippen molar-refractivity contribution < 1.29 is 14.4 Å². The fourth-order valence-electron chi connectivity index (χ4n) is 1.95. The Morgan fingerprint density at radius 3 is 2.85 bits per heavy atom. The van der Waals surface area contributed by atoms with E-state index in [4.69, 9.17) is 14.7 Å². The average molecular weight is 277 g/mol. The second-order valence-corrected chi connectivity index (χ2v) is 4.35. The second-order valence-electron chi connectivity index (χ2n) is 4.35. The number of benzene rings is 1. The highest BCUT2D eigenvalue weighted by atomic mass is 16.6. The van der Waals surface area contributed by atoms with Gasteiger partial charge in [0, 0.05) is 25.7 Å². The third kappa shape index (κ3) is 3.66. The van der Waals surface area contributed by atoms with Crippen LogP contribution in [-0.2, 0) is 4.74 Å². The number of hydrogen-bond acceptors (Lipinski definition) is 6. The predicted octanol–water partition coefficient (Wildman–Crippen LogP) is 1.18. The molecule has 0 unspecified atom stereocenters. The van der Waals surface area contributed by atoms with Crippen molar-refractivity contribution in [2.45, 2.75) is 0 Å². The summed E-state index contributed by atoms with van der Waals surface area (Å²) in [7, 11) is 0. The number of nitro groups is 1. The van der Waals surface area contributed by atoms with Gasteiger partial charge in [-0.05, 0) is 6.07 Å². The molecular formula is C13H15N3O4. The van der Waals surface area contributed by atoms with Crippen LogP contribution in [0.4, 0.5) is 5.69 Å². The van der Waals surface area contributed by atoms with Gasteiger partial charge in [-0.15, -0.1) is 0 Å². The van der Waals surface area contributed by atoms with E-state index >= 15 is 0 Å². The number of ether oxygens (including phenoxy) is 2. The minimum Gasteiger partial charge on any atom is -0.491 e. The monoisotopic (exact) mass is 277 g/mol. The molecular weight excluding hydrogens is 262 g/mol. The molecule has 20 heavy (non-hydrogen) atoms. The molecule has 1 aliphatic rings. The normalized spacial score (nSPS) is 15.6. The minimum atomic E-state index is -0.504. The molecule has 0 spiro atoms. The maximum absolute atomic E-state index is 10.7. The summed E-state index contributed by atoms with van der Waals surface area (Å²) < 4.78 is 10.8. The number of non-ortho nitro benzene ring substituents is 1. The summed E-state index contributed by atoms with van der Waals surface area (Å²) in [5, 5.41) is 19.7. The SMILES string of the molecule is N#Cc1ccc([N+](=O)[O-])cc1OCCN1CCOCC1. The molecule has 106 valence electrons. The van der Waals surface area contributed by atoms with Crippen molar-refractivity contribution in [3.05, 3.63) is 33.9 Å². The van der Waals surface area contributed by atoms with Crippen molar-refractivity contribution >= 4 is 5.69 Å². The topological polar surface area (TPSA) is 88.6 Å². The zero-order valence-corrected chi connectivity index (χ0v) is 10.9. The Morgan fingerprint density at radius 2 is 2.20 bits per heavy atom. The number of nitro benzene ring substituents is 1. The van der Waals surface area contributed by atoms with Crippen LogP contribution in [0.15, 0.2) is 18.2 Å². The van der Waals surface area contributed by atoms with E-state index in [-0.39, 0.29) is 11.4 Å². The van der Waals surface area contributed by atoms with Gasteiger partial charge in [-0.2, -0.15) is 5.26 Å².